The van der Waals surface area contributed by atoms with Gasteiger partial charge in [0.1, 0.15) is 0 Å². The van der Waals surface area contributed by atoms with Gasteiger partial charge < -0.3 is 5.32 Å². The second kappa shape index (κ2) is 5.76. The van der Waals surface area contributed by atoms with Crippen molar-refractivity contribution in [1.82, 2.24) is 5.32 Å². The number of benzene rings is 1. The Labute approximate surface area is 95.6 Å². The third-order valence-corrected chi connectivity index (χ3v) is 2.32. The quantitative estimate of drug-likeness (QED) is 0.785. The Bertz CT molecular complexity index is 336. The van der Waals surface area contributed by atoms with Gasteiger partial charge in [0.25, 0.3) is 5.91 Å². The van der Waals surface area contributed by atoms with Crippen molar-refractivity contribution in [3.8, 4) is 0 Å². The van der Waals surface area contributed by atoms with E-state index in [9.17, 15) is 4.79 Å². The van der Waals surface area contributed by atoms with Gasteiger partial charge in [0, 0.05) is 18.0 Å². The van der Waals surface area contributed by atoms with Gasteiger partial charge in [-0.3, -0.25) is 4.79 Å². The summed E-state index contributed by atoms with van der Waals surface area (Å²) in [7, 11) is 0. The molecule has 0 aliphatic rings. The van der Waals surface area contributed by atoms with E-state index in [-0.39, 0.29) is 5.91 Å². The maximum atomic E-state index is 11.7. The van der Waals surface area contributed by atoms with Gasteiger partial charge >= 0.3 is 0 Å². The molecule has 15 heavy (non-hydrogen) atoms. The fourth-order valence-corrected chi connectivity index (χ4v) is 1.36. The number of hydrogen-bond acceptors (Lipinski definition) is 1. The Morgan fingerprint density at radius 3 is 2.80 bits per heavy atom. The van der Waals surface area contributed by atoms with E-state index in [4.69, 9.17) is 11.6 Å². The highest BCUT2D eigenvalue weighted by atomic mass is 35.5. The average molecular weight is 226 g/mol. The second-order valence-electron chi connectivity index (χ2n) is 3.94. The van der Waals surface area contributed by atoms with E-state index in [2.05, 4.69) is 19.2 Å². The van der Waals surface area contributed by atoms with Gasteiger partial charge in [-0.1, -0.05) is 26.0 Å². The summed E-state index contributed by atoms with van der Waals surface area (Å²) in [6.45, 7) is 4.83. The molecule has 1 aromatic rings. The molecular weight excluding hydrogens is 210 g/mol. The first-order chi connectivity index (χ1) is 7.13. The monoisotopic (exact) mass is 225 g/mol. The van der Waals surface area contributed by atoms with Crippen LogP contribution in [-0.4, -0.2) is 12.5 Å². The third-order valence-electron chi connectivity index (χ3n) is 2.01. The topological polar surface area (TPSA) is 29.1 Å². The van der Waals surface area contributed by atoms with E-state index in [0.29, 0.717) is 23.9 Å². The molecule has 1 rings (SSSR count). The van der Waals surface area contributed by atoms with Crippen LogP contribution in [0, 0.1) is 5.92 Å². The molecule has 0 saturated heterocycles. The maximum absolute atomic E-state index is 11.7. The minimum atomic E-state index is -0.0318. The van der Waals surface area contributed by atoms with E-state index >= 15 is 0 Å². The van der Waals surface area contributed by atoms with Gasteiger partial charge in [-0.25, -0.2) is 0 Å². The lowest BCUT2D eigenvalue weighted by Crippen LogP contribution is -2.27. The molecular formula is C12H16ClNO. The normalized spacial score (nSPS) is 10.4. The lowest BCUT2D eigenvalue weighted by atomic mass is 10.1. The zero-order valence-electron chi connectivity index (χ0n) is 9.09. The number of carbonyl (C=O) groups excluding carboxylic acids is 1. The first-order valence-corrected chi connectivity index (χ1v) is 5.60. The largest absolute Gasteiger partial charge is 0.352 e. The van der Waals surface area contributed by atoms with E-state index < -0.39 is 0 Å². The maximum Gasteiger partial charge on any atom is 0.251 e. The average Bonchev–Trinajstić information content (AvgIpc) is 2.26. The summed E-state index contributed by atoms with van der Waals surface area (Å²) in [6, 6.07) is 7.38. The third kappa shape index (κ3) is 3.92. The first-order valence-electron chi connectivity index (χ1n) is 5.06. The summed E-state index contributed by atoms with van der Waals surface area (Å²) in [5.74, 6) is 0.867. The van der Waals surface area contributed by atoms with Gasteiger partial charge in [-0.05, 0) is 23.6 Å². The van der Waals surface area contributed by atoms with Gasteiger partial charge in [0.15, 0.2) is 0 Å². The smallest absolute Gasteiger partial charge is 0.251 e. The van der Waals surface area contributed by atoms with Crippen molar-refractivity contribution < 1.29 is 4.79 Å². The fourth-order valence-electron chi connectivity index (χ4n) is 1.19. The molecule has 0 heterocycles. The van der Waals surface area contributed by atoms with E-state index in [1.165, 1.54) is 0 Å². The van der Waals surface area contributed by atoms with Gasteiger partial charge in [0.05, 0.1) is 0 Å². The van der Waals surface area contributed by atoms with Crippen molar-refractivity contribution in [1.29, 1.82) is 0 Å². The van der Waals surface area contributed by atoms with Crippen LogP contribution in [0.4, 0.5) is 0 Å². The predicted molar refractivity (Wildman–Crippen MR) is 63.2 cm³/mol. The Morgan fingerprint density at radius 2 is 2.20 bits per heavy atom. The molecule has 0 aliphatic carbocycles. The standard InChI is InChI=1S/C12H16ClNO/c1-9(2)8-14-12(15)11-5-3-4-10(6-11)7-13/h3-6,9H,7-8H2,1-2H3,(H,14,15). The van der Waals surface area contributed by atoms with Gasteiger partial charge in [-0.2, -0.15) is 0 Å². The van der Waals surface area contributed by atoms with Crippen molar-refractivity contribution >= 4 is 17.5 Å². The zero-order valence-corrected chi connectivity index (χ0v) is 9.84. The second-order valence-corrected chi connectivity index (χ2v) is 4.21. The lowest BCUT2D eigenvalue weighted by molar-refractivity contribution is 0.0949. The number of carbonyl (C=O) groups is 1. The highest BCUT2D eigenvalue weighted by Gasteiger charge is 2.05. The summed E-state index contributed by atoms with van der Waals surface area (Å²) in [6.07, 6.45) is 0. The number of halogens is 1. The number of rotatable bonds is 4. The van der Waals surface area contributed by atoms with Crippen LogP contribution in [-0.2, 0) is 5.88 Å². The summed E-state index contributed by atoms with van der Waals surface area (Å²) in [5, 5.41) is 2.87. The van der Waals surface area contributed by atoms with Crippen molar-refractivity contribution in [2.45, 2.75) is 19.7 Å². The number of hydrogen-bond donors (Lipinski definition) is 1. The van der Waals surface area contributed by atoms with Crippen LogP contribution < -0.4 is 5.32 Å². The minimum Gasteiger partial charge on any atom is -0.352 e. The molecule has 2 nitrogen and oxygen atoms in total. The van der Waals surface area contributed by atoms with Crippen LogP contribution in [0.25, 0.3) is 0 Å². The van der Waals surface area contributed by atoms with E-state index in [1.54, 1.807) is 6.07 Å². The van der Waals surface area contributed by atoms with Gasteiger partial charge in [0.2, 0.25) is 0 Å². The minimum absolute atomic E-state index is 0.0318. The fraction of sp³-hybridized carbons (Fsp3) is 0.417. The highest BCUT2D eigenvalue weighted by Crippen LogP contribution is 2.07. The molecule has 1 N–H and O–H groups in total. The van der Waals surface area contributed by atoms with Crippen LogP contribution in [0.1, 0.15) is 29.8 Å². The molecule has 1 aromatic carbocycles. The van der Waals surface area contributed by atoms with Crippen LogP contribution >= 0.6 is 11.6 Å². The summed E-state index contributed by atoms with van der Waals surface area (Å²) < 4.78 is 0. The highest BCUT2D eigenvalue weighted by molar-refractivity contribution is 6.17. The van der Waals surface area contributed by atoms with E-state index in [0.717, 1.165) is 5.56 Å². The van der Waals surface area contributed by atoms with Crippen LogP contribution in [0.2, 0.25) is 0 Å². The van der Waals surface area contributed by atoms with Crippen molar-refractivity contribution in [2.24, 2.45) is 5.92 Å². The number of nitrogens with one attached hydrogen (secondary N) is 1. The number of alkyl halides is 1. The molecule has 0 atom stereocenters. The van der Waals surface area contributed by atoms with Crippen molar-refractivity contribution in [3.63, 3.8) is 0 Å². The predicted octanol–water partition coefficient (Wildman–Crippen LogP) is 2.81. The zero-order chi connectivity index (χ0) is 11.3. The van der Waals surface area contributed by atoms with Crippen LogP contribution in [0.5, 0.6) is 0 Å². The Balaban J connectivity index is 2.65. The van der Waals surface area contributed by atoms with Crippen LogP contribution in [0.15, 0.2) is 24.3 Å². The Morgan fingerprint density at radius 1 is 1.47 bits per heavy atom. The molecule has 1 amide bonds. The van der Waals surface area contributed by atoms with Crippen molar-refractivity contribution in [2.75, 3.05) is 6.54 Å². The molecule has 0 fully saturated rings. The molecule has 0 spiro atoms. The first kappa shape index (κ1) is 12.1. The summed E-state index contributed by atoms with van der Waals surface area (Å²) in [5.41, 5.74) is 1.64. The van der Waals surface area contributed by atoms with Gasteiger partial charge in [-0.15, -0.1) is 11.6 Å². The van der Waals surface area contributed by atoms with Crippen molar-refractivity contribution in [3.05, 3.63) is 35.4 Å². The Hall–Kier alpha value is -1.02. The number of amides is 1. The molecule has 0 radical (unpaired) electrons. The molecule has 0 aromatic heterocycles. The summed E-state index contributed by atoms with van der Waals surface area (Å²) in [4.78, 5) is 11.7. The van der Waals surface area contributed by atoms with Crippen LogP contribution in [0.3, 0.4) is 0 Å². The molecule has 0 unspecified atom stereocenters. The Kier molecular flexibility index (Phi) is 4.63. The molecule has 0 saturated carbocycles. The summed E-state index contributed by atoms with van der Waals surface area (Å²) >= 11 is 5.70. The molecule has 0 bridgehead atoms. The lowest BCUT2D eigenvalue weighted by Gasteiger charge is -2.08. The van der Waals surface area contributed by atoms with E-state index in [1.807, 2.05) is 18.2 Å². The molecule has 3 heteroatoms. The molecule has 82 valence electrons. The SMILES string of the molecule is CC(C)CNC(=O)c1cccc(CCl)c1. The molecule has 0 aliphatic heterocycles.